The van der Waals surface area contributed by atoms with E-state index < -0.39 is 219 Å². The van der Waals surface area contributed by atoms with Crippen molar-refractivity contribution in [3.05, 3.63) is 0 Å². The molecular formula is C61H104N16O20. The van der Waals surface area contributed by atoms with Gasteiger partial charge in [-0.2, -0.15) is 0 Å². The van der Waals surface area contributed by atoms with Gasteiger partial charge in [-0.25, -0.2) is 0 Å². The molecule has 0 unspecified atom stereocenters. The number of carbonyl (C=O) groups is 15. The van der Waals surface area contributed by atoms with E-state index in [1.165, 1.54) is 23.6 Å². The summed E-state index contributed by atoms with van der Waals surface area (Å²) in [6.07, 6.45) is 1.58. The van der Waals surface area contributed by atoms with E-state index in [0.717, 1.165) is 4.90 Å². The van der Waals surface area contributed by atoms with E-state index in [0.29, 0.717) is 57.9 Å². The number of carboxylic acid groups (broad SMARTS) is 3. The van der Waals surface area contributed by atoms with Gasteiger partial charge in [-0.3, -0.25) is 71.9 Å². The molecule has 0 aromatic heterocycles. The normalized spacial score (nSPS) is 18.8. The van der Waals surface area contributed by atoms with E-state index in [1.54, 1.807) is 13.8 Å². The van der Waals surface area contributed by atoms with Crippen LogP contribution < -0.4 is 70.8 Å². The van der Waals surface area contributed by atoms with Crippen LogP contribution in [0.3, 0.4) is 0 Å². The van der Waals surface area contributed by atoms with Crippen molar-refractivity contribution in [3.63, 3.8) is 0 Å². The smallest absolute Gasteiger partial charge is 0.322 e. The molecule has 3 saturated heterocycles. The number of hydrogen-bond acceptors (Lipinski definition) is 21. The molecule has 3 aliphatic heterocycles. The van der Waals surface area contributed by atoms with Crippen LogP contribution in [0.4, 0.5) is 0 Å². The predicted octanol–water partition coefficient (Wildman–Crippen LogP) is -6.22. The molecule has 22 N–H and O–H groups in total. The number of nitrogens with one attached hydrogen (secondary N) is 9. The molecule has 3 fully saturated rings. The summed E-state index contributed by atoms with van der Waals surface area (Å²) < 4.78 is 0. The average Bonchev–Trinajstić information content (AvgIpc) is 1.75. The summed E-state index contributed by atoms with van der Waals surface area (Å²) in [7, 11) is 0. The van der Waals surface area contributed by atoms with Gasteiger partial charge in [0.1, 0.15) is 73.0 Å². The molecule has 3 heterocycles. The monoisotopic (exact) mass is 1380 g/mol. The van der Waals surface area contributed by atoms with Crippen molar-refractivity contribution in [2.45, 2.75) is 222 Å². The number of carbonyl (C=O) groups excluding carboxylic acids is 12. The third-order valence-electron chi connectivity index (χ3n) is 17.0. The standard InChI is InChI=1S/C61H104N16O20/c1-33(2)48(58(94)70-39(21-23-46(82)83)54(90)68-38(20-22-45(80)81)53(89)67-36(15-6-9-25-63)51(87)66-30-47(84)85)73-56(92)43-18-11-27-75(43)60(96)41(32-79)72-52(88)37(16-7-10-26-64)69-55(91)42-17-13-29-77(42)61(97)49(34(3)4)74-57(93)44-19-12-28-76(44)59(95)40(31-78)71-50(86)35(65)14-5-8-24-62/h33-44,48-49,78-79H,5-32,62-65H2,1-4H3,(H,66,87)(H,67,89)(H,68,90)(H,69,91)(H,70,94)(H,71,86)(H,72,88)(H,73,92)(H,74,93)(H,80,81)(H,82,83)(H,84,85)/t35-,36-,37-,38-,39-,40-,41-,42-,43-,44-,48-,49-/m0/s1. The van der Waals surface area contributed by atoms with Crippen LogP contribution in [-0.4, -0.2) is 261 Å². The Balaban J connectivity index is 1.78. The van der Waals surface area contributed by atoms with Gasteiger partial charge in [0.2, 0.25) is 70.9 Å². The number of nitrogens with zero attached hydrogens (tertiary/aromatic N) is 3. The van der Waals surface area contributed by atoms with E-state index in [-0.39, 0.29) is 77.7 Å². The fourth-order valence-corrected chi connectivity index (χ4v) is 11.6. The minimum Gasteiger partial charge on any atom is -0.481 e. The highest BCUT2D eigenvalue weighted by Crippen LogP contribution is 2.25. The second-order valence-corrected chi connectivity index (χ2v) is 25.2. The van der Waals surface area contributed by atoms with Crippen molar-refractivity contribution in [1.82, 2.24) is 62.6 Å². The molecule has 36 nitrogen and oxygen atoms in total. The first-order chi connectivity index (χ1) is 46.0. The Kier molecular flexibility index (Phi) is 36.4. The summed E-state index contributed by atoms with van der Waals surface area (Å²) in [6.45, 7) is 4.76. The molecule has 12 amide bonds. The Morgan fingerprint density at radius 2 is 0.732 bits per heavy atom. The third-order valence-corrected chi connectivity index (χ3v) is 17.0. The summed E-state index contributed by atoms with van der Waals surface area (Å²) in [5, 5.41) is 71.2. The minimum atomic E-state index is -1.74. The van der Waals surface area contributed by atoms with Crippen LogP contribution >= 0.6 is 0 Å². The first-order valence-electron chi connectivity index (χ1n) is 33.3. The molecule has 97 heavy (non-hydrogen) atoms. The van der Waals surface area contributed by atoms with E-state index in [1.807, 2.05) is 0 Å². The lowest BCUT2D eigenvalue weighted by molar-refractivity contribution is -0.146. The number of unbranched alkanes of at least 4 members (excludes halogenated alkanes) is 3. The number of aliphatic carboxylic acids is 3. The van der Waals surface area contributed by atoms with Crippen LogP contribution in [0.15, 0.2) is 0 Å². The number of hydrogen-bond donors (Lipinski definition) is 18. The van der Waals surface area contributed by atoms with Crippen molar-refractivity contribution >= 4 is 88.8 Å². The second kappa shape index (κ2) is 42.5. The molecule has 0 radical (unpaired) electrons. The number of aliphatic hydroxyl groups excluding tert-OH is 2. The SMILES string of the molecule is CC(C)[C@H](NC(=O)[C@@H]1CCCN1C(=O)[C@H](CO)NC(=O)[C@H](CCCCN)NC(=O)[C@@H]1CCCN1C(=O)[C@@H](NC(=O)[C@@H]1CCCN1C(=O)[C@H](CO)NC(=O)[C@@H](N)CCCCN)C(C)C)C(=O)N[C@@H](CCC(=O)O)C(=O)N[C@@H](CCC(=O)O)C(=O)N[C@@H](CCCCN)C(=O)NCC(=O)O. The van der Waals surface area contributed by atoms with E-state index >= 15 is 0 Å². The van der Waals surface area contributed by atoms with Crippen LogP contribution in [0.5, 0.6) is 0 Å². The van der Waals surface area contributed by atoms with Gasteiger partial charge in [0, 0.05) is 32.5 Å². The molecule has 0 aromatic rings. The van der Waals surface area contributed by atoms with Crippen molar-refractivity contribution in [1.29, 1.82) is 0 Å². The fraction of sp³-hybridized carbons (Fsp3) is 0.754. The largest absolute Gasteiger partial charge is 0.481 e. The average molecular weight is 1380 g/mol. The Morgan fingerprint density at radius 1 is 0.392 bits per heavy atom. The molecule has 0 aromatic carbocycles. The Labute approximate surface area is 563 Å². The topological polar surface area (TPSA) is 579 Å². The lowest BCUT2D eigenvalue weighted by Gasteiger charge is -2.33. The fourth-order valence-electron chi connectivity index (χ4n) is 11.6. The highest BCUT2D eigenvalue weighted by atomic mass is 16.4. The summed E-state index contributed by atoms with van der Waals surface area (Å²) >= 11 is 0. The van der Waals surface area contributed by atoms with Gasteiger partial charge < -0.3 is 111 Å². The molecule has 0 spiro atoms. The zero-order chi connectivity index (χ0) is 72.6. The highest BCUT2D eigenvalue weighted by Gasteiger charge is 2.45. The maximum atomic E-state index is 14.5. The van der Waals surface area contributed by atoms with Crippen molar-refractivity contribution in [2.75, 3.05) is 59.0 Å². The lowest BCUT2D eigenvalue weighted by atomic mass is 10.0. The number of carboxylic acids is 3. The van der Waals surface area contributed by atoms with E-state index in [2.05, 4.69) is 47.9 Å². The minimum absolute atomic E-state index is 0.0214. The Morgan fingerprint density at radius 3 is 1.11 bits per heavy atom. The zero-order valence-electron chi connectivity index (χ0n) is 55.9. The first-order valence-corrected chi connectivity index (χ1v) is 33.3. The van der Waals surface area contributed by atoms with Gasteiger partial charge in [0.05, 0.1) is 19.3 Å². The number of likely N-dealkylation sites (tertiary alicyclic amines) is 3. The molecule has 36 heteroatoms. The predicted molar refractivity (Wildman–Crippen MR) is 345 cm³/mol. The lowest BCUT2D eigenvalue weighted by Crippen LogP contribution is -2.61. The second-order valence-electron chi connectivity index (χ2n) is 25.2. The number of nitrogens with two attached hydrogens (primary N) is 4. The molecular weight excluding hydrogens is 1280 g/mol. The Hall–Kier alpha value is -8.19. The maximum absolute atomic E-state index is 14.5. The van der Waals surface area contributed by atoms with Crippen LogP contribution in [0, 0.1) is 11.8 Å². The molecule has 3 aliphatic rings. The third kappa shape index (κ3) is 26.6. The molecule has 548 valence electrons. The molecule has 3 rings (SSSR count). The van der Waals surface area contributed by atoms with Gasteiger partial charge >= 0.3 is 17.9 Å². The van der Waals surface area contributed by atoms with Crippen molar-refractivity contribution in [2.24, 2.45) is 34.8 Å². The number of rotatable bonds is 44. The van der Waals surface area contributed by atoms with Gasteiger partial charge in [-0.15, -0.1) is 0 Å². The molecule has 0 saturated carbocycles. The van der Waals surface area contributed by atoms with Gasteiger partial charge in [-0.05, 0) is 134 Å². The molecule has 0 aliphatic carbocycles. The summed E-state index contributed by atoms with van der Waals surface area (Å²) in [4.78, 5) is 205. The van der Waals surface area contributed by atoms with Crippen molar-refractivity contribution < 1.29 is 97.5 Å². The highest BCUT2D eigenvalue weighted by molar-refractivity contribution is 6.00. The van der Waals surface area contributed by atoms with Crippen LogP contribution in [-0.2, 0) is 71.9 Å². The van der Waals surface area contributed by atoms with E-state index in [4.69, 9.17) is 28.0 Å². The summed E-state index contributed by atoms with van der Waals surface area (Å²) in [5.74, 6) is -15.8. The number of amides is 12. The summed E-state index contributed by atoms with van der Waals surface area (Å²) in [6, 6.07) is -16.5. The quantitative estimate of drug-likeness (QED) is 0.0252. The molecule has 0 bridgehead atoms. The van der Waals surface area contributed by atoms with Crippen LogP contribution in [0.2, 0.25) is 0 Å². The maximum Gasteiger partial charge on any atom is 0.322 e. The zero-order valence-corrected chi connectivity index (χ0v) is 55.9. The van der Waals surface area contributed by atoms with Crippen LogP contribution in [0.25, 0.3) is 0 Å². The van der Waals surface area contributed by atoms with Crippen molar-refractivity contribution in [3.8, 4) is 0 Å². The summed E-state index contributed by atoms with van der Waals surface area (Å²) in [5.41, 5.74) is 22.9. The van der Waals surface area contributed by atoms with E-state index in [9.17, 15) is 92.3 Å². The Bertz CT molecular complexity index is 2730. The molecule has 12 atom stereocenters. The van der Waals surface area contributed by atoms with Crippen LogP contribution in [0.1, 0.15) is 150 Å². The number of aliphatic hydroxyl groups is 2. The first kappa shape index (κ1) is 83.0. The van der Waals surface area contributed by atoms with Gasteiger partial charge in [-0.1, -0.05) is 34.1 Å². The van der Waals surface area contributed by atoms with Gasteiger partial charge in [0.15, 0.2) is 0 Å². The van der Waals surface area contributed by atoms with Gasteiger partial charge in [0.25, 0.3) is 0 Å².